The molecule has 0 aliphatic carbocycles. The maximum absolute atomic E-state index is 5.79. The van der Waals surface area contributed by atoms with Gasteiger partial charge < -0.3 is 20.2 Å². The van der Waals surface area contributed by atoms with Gasteiger partial charge in [-0.25, -0.2) is 4.99 Å². The van der Waals surface area contributed by atoms with Gasteiger partial charge in [0.25, 0.3) is 0 Å². The third kappa shape index (κ3) is 4.85. The van der Waals surface area contributed by atoms with E-state index in [1.165, 1.54) is 0 Å². The lowest BCUT2D eigenvalue weighted by molar-refractivity contribution is 0.340. The lowest BCUT2D eigenvalue weighted by Crippen LogP contribution is -2.22. The summed E-state index contributed by atoms with van der Waals surface area (Å²) < 4.78 is 10.5. The quantitative estimate of drug-likeness (QED) is 0.657. The van der Waals surface area contributed by atoms with Crippen LogP contribution in [0.4, 0.5) is 5.69 Å². The van der Waals surface area contributed by atoms with E-state index in [1.807, 2.05) is 43.3 Å². The van der Waals surface area contributed by atoms with Gasteiger partial charge in [-0.15, -0.1) is 12.4 Å². The number of nitrogens with zero attached hydrogens (tertiary/aromatic N) is 1. The lowest BCUT2D eigenvalue weighted by atomic mass is 10.3. The Kier molecular flexibility index (Phi) is 6.46. The second-order valence-electron chi connectivity index (χ2n) is 3.86. The monoisotopic (exact) mass is 295 g/mol. The van der Waals surface area contributed by atoms with E-state index < -0.39 is 0 Å². The average Bonchev–Trinajstić information content (AvgIpc) is 2.92. The van der Waals surface area contributed by atoms with Crippen LogP contribution in [0.2, 0.25) is 0 Å². The standard InChI is InChI=1S/C14H17N3O2.ClH/c1-2-18-12-7-5-11(6-8-12)17-14(15)16-10-13-4-3-9-19-13;/h3-9H,2,10H2,1H3,(H3,15,16,17);1H. The molecule has 0 fully saturated rings. The largest absolute Gasteiger partial charge is 0.494 e. The number of guanidine groups is 1. The zero-order valence-corrected chi connectivity index (χ0v) is 12.0. The van der Waals surface area contributed by atoms with Crippen molar-refractivity contribution >= 4 is 24.1 Å². The summed E-state index contributed by atoms with van der Waals surface area (Å²) >= 11 is 0. The fraction of sp³-hybridized carbons (Fsp3) is 0.214. The van der Waals surface area contributed by atoms with E-state index in [4.69, 9.17) is 14.9 Å². The first-order valence-electron chi connectivity index (χ1n) is 6.10. The normalized spacial score (nSPS) is 10.8. The van der Waals surface area contributed by atoms with Crippen molar-refractivity contribution in [3.05, 3.63) is 48.4 Å². The summed E-state index contributed by atoms with van der Waals surface area (Å²) in [6.45, 7) is 3.02. The van der Waals surface area contributed by atoms with Gasteiger partial charge >= 0.3 is 0 Å². The Hall–Kier alpha value is -2.14. The van der Waals surface area contributed by atoms with Crippen LogP contribution in [0.5, 0.6) is 5.75 Å². The van der Waals surface area contributed by atoms with Gasteiger partial charge in [-0.2, -0.15) is 0 Å². The van der Waals surface area contributed by atoms with Gasteiger partial charge in [0.15, 0.2) is 5.96 Å². The fourth-order valence-electron chi connectivity index (χ4n) is 1.55. The maximum atomic E-state index is 5.79. The fourth-order valence-corrected chi connectivity index (χ4v) is 1.55. The van der Waals surface area contributed by atoms with Gasteiger partial charge in [0, 0.05) is 5.69 Å². The van der Waals surface area contributed by atoms with E-state index in [0.717, 1.165) is 17.2 Å². The van der Waals surface area contributed by atoms with E-state index in [9.17, 15) is 0 Å². The molecule has 0 saturated heterocycles. The summed E-state index contributed by atoms with van der Waals surface area (Å²) in [7, 11) is 0. The van der Waals surface area contributed by atoms with Crippen molar-refractivity contribution in [2.24, 2.45) is 10.7 Å². The van der Waals surface area contributed by atoms with Gasteiger partial charge in [0.1, 0.15) is 18.1 Å². The van der Waals surface area contributed by atoms with Gasteiger partial charge in [-0.1, -0.05) is 0 Å². The van der Waals surface area contributed by atoms with Crippen LogP contribution in [-0.2, 0) is 6.54 Å². The third-order valence-corrected chi connectivity index (χ3v) is 2.42. The van der Waals surface area contributed by atoms with Crippen LogP contribution in [0.1, 0.15) is 12.7 Å². The Bertz CT molecular complexity index is 524. The van der Waals surface area contributed by atoms with Crippen LogP contribution in [0.15, 0.2) is 52.1 Å². The lowest BCUT2D eigenvalue weighted by Gasteiger charge is -2.07. The molecule has 0 aliphatic rings. The zero-order valence-electron chi connectivity index (χ0n) is 11.2. The molecular weight excluding hydrogens is 278 g/mol. The number of rotatable bonds is 5. The molecule has 2 rings (SSSR count). The summed E-state index contributed by atoms with van der Waals surface area (Å²) in [5, 5.41) is 3.00. The van der Waals surface area contributed by atoms with E-state index in [2.05, 4.69) is 10.3 Å². The predicted octanol–water partition coefficient (Wildman–Crippen LogP) is 3.03. The van der Waals surface area contributed by atoms with Crippen LogP contribution < -0.4 is 15.8 Å². The first-order chi connectivity index (χ1) is 9.28. The molecule has 1 aromatic heterocycles. The highest BCUT2D eigenvalue weighted by atomic mass is 35.5. The van der Waals surface area contributed by atoms with Crippen LogP contribution in [0, 0.1) is 0 Å². The second-order valence-corrected chi connectivity index (χ2v) is 3.86. The molecule has 0 aliphatic heterocycles. The van der Waals surface area contributed by atoms with Crippen molar-refractivity contribution in [3.8, 4) is 5.75 Å². The molecule has 1 heterocycles. The first kappa shape index (κ1) is 15.9. The molecule has 20 heavy (non-hydrogen) atoms. The minimum atomic E-state index is 0. The van der Waals surface area contributed by atoms with Gasteiger partial charge in [-0.3, -0.25) is 0 Å². The number of benzene rings is 1. The number of hydrogen-bond acceptors (Lipinski definition) is 3. The minimum Gasteiger partial charge on any atom is -0.494 e. The van der Waals surface area contributed by atoms with E-state index in [0.29, 0.717) is 19.1 Å². The molecule has 0 bridgehead atoms. The molecule has 0 amide bonds. The molecule has 0 saturated carbocycles. The first-order valence-corrected chi connectivity index (χ1v) is 6.10. The Morgan fingerprint density at radius 3 is 2.65 bits per heavy atom. The summed E-state index contributed by atoms with van der Waals surface area (Å²) in [6.07, 6.45) is 1.61. The molecule has 108 valence electrons. The van der Waals surface area contributed by atoms with Crippen molar-refractivity contribution in [1.29, 1.82) is 0 Å². The number of halogens is 1. The second kappa shape index (κ2) is 8.12. The van der Waals surface area contributed by atoms with Gasteiger partial charge in [-0.05, 0) is 43.3 Å². The number of nitrogens with two attached hydrogens (primary N) is 1. The number of furan rings is 1. The average molecular weight is 296 g/mol. The molecule has 2 aromatic rings. The number of nitrogens with one attached hydrogen (secondary N) is 1. The highest BCUT2D eigenvalue weighted by molar-refractivity contribution is 5.92. The maximum Gasteiger partial charge on any atom is 0.193 e. The Balaban J connectivity index is 0.00000200. The summed E-state index contributed by atoms with van der Waals surface area (Å²) in [5.74, 6) is 1.95. The molecular formula is C14H18ClN3O2. The number of ether oxygens (including phenoxy) is 1. The van der Waals surface area contributed by atoms with Crippen LogP contribution in [-0.4, -0.2) is 12.6 Å². The predicted molar refractivity (Wildman–Crippen MR) is 82.5 cm³/mol. The van der Waals surface area contributed by atoms with Gasteiger partial charge in [0.05, 0.1) is 12.9 Å². The highest BCUT2D eigenvalue weighted by Crippen LogP contribution is 2.15. The number of anilines is 1. The number of aliphatic imine (C=N–C) groups is 1. The van der Waals surface area contributed by atoms with Crippen LogP contribution >= 0.6 is 12.4 Å². The SMILES string of the molecule is CCOc1ccc(NC(N)=NCc2ccco2)cc1.Cl. The highest BCUT2D eigenvalue weighted by Gasteiger charge is 1.98. The summed E-state index contributed by atoms with van der Waals surface area (Å²) in [5.41, 5.74) is 6.65. The molecule has 0 radical (unpaired) electrons. The zero-order chi connectivity index (χ0) is 13.5. The van der Waals surface area contributed by atoms with E-state index >= 15 is 0 Å². The topological polar surface area (TPSA) is 72.8 Å². The van der Waals surface area contributed by atoms with Crippen LogP contribution in [0.3, 0.4) is 0 Å². The molecule has 3 N–H and O–H groups in total. The Morgan fingerprint density at radius 1 is 1.30 bits per heavy atom. The van der Waals surface area contributed by atoms with E-state index in [-0.39, 0.29) is 12.4 Å². The van der Waals surface area contributed by atoms with Crippen molar-refractivity contribution in [2.75, 3.05) is 11.9 Å². The molecule has 5 nitrogen and oxygen atoms in total. The van der Waals surface area contributed by atoms with Crippen LogP contribution in [0.25, 0.3) is 0 Å². The smallest absolute Gasteiger partial charge is 0.193 e. The summed E-state index contributed by atoms with van der Waals surface area (Å²) in [4.78, 5) is 4.18. The molecule has 6 heteroatoms. The van der Waals surface area contributed by atoms with Crippen molar-refractivity contribution in [2.45, 2.75) is 13.5 Å². The van der Waals surface area contributed by atoms with Crippen molar-refractivity contribution in [1.82, 2.24) is 0 Å². The molecule has 0 atom stereocenters. The molecule has 0 spiro atoms. The number of hydrogen-bond donors (Lipinski definition) is 2. The minimum absolute atomic E-state index is 0. The van der Waals surface area contributed by atoms with Gasteiger partial charge in [0.2, 0.25) is 0 Å². The molecule has 0 unspecified atom stereocenters. The third-order valence-electron chi connectivity index (χ3n) is 2.42. The van der Waals surface area contributed by atoms with Crippen molar-refractivity contribution in [3.63, 3.8) is 0 Å². The van der Waals surface area contributed by atoms with Crippen molar-refractivity contribution < 1.29 is 9.15 Å². The summed E-state index contributed by atoms with van der Waals surface area (Å²) in [6, 6.07) is 11.2. The molecule has 1 aromatic carbocycles. The van der Waals surface area contributed by atoms with E-state index in [1.54, 1.807) is 6.26 Å². The Morgan fingerprint density at radius 2 is 2.05 bits per heavy atom. The Labute approximate surface area is 124 Å².